The fourth-order valence-electron chi connectivity index (χ4n) is 3.11. The minimum atomic E-state index is -0.199. The van der Waals surface area contributed by atoms with Crippen molar-refractivity contribution < 1.29 is 8.91 Å². The quantitative estimate of drug-likeness (QED) is 0.331. The van der Waals surface area contributed by atoms with Gasteiger partial charge in [0.1, 0.15) is 11.6 Å². The first-order chi connectivity index (χ1) is 13.6. The first-order valence-corrected chi connectivity index (χ1v) is 10.7. The van der Waals surface area contributed by atoms with Gasteiger partial charge in [0.2, 0.25) is 0 Å². The van der Waals surface area contributed by atoms with Crippen LogP contribution in [-0.4, -0.2) is 65.9 Å². The van der Waals surface area contributed by atoms with Crippen molar-refractivity contribution in [3.8, 4) is 0 Å². The van der Waals surface area contributed by atoms with E-state index in [1.165, 1.54) is 12.1 Å². The summed E-state index contributed by atoms with van der Waals surface area (Å²) in [5.41, 5.74) is 0.990. The predicted molar refractivity (Wildman–Crippen MR) is 111 cm³/mol. The molecule has 28 heavy (non-hydrogen) atoms. The van der Waals surface area contributed by atoms with Gasteiger partial charge in [-0.15, -0.1) is 11.8 Å². The van der Waals surface area contributed by atoms with Crippen LogP contribution < -0.4 is 5.32 Å². The van der Waals surface area contributed by atoms with Crippen molar-refractivity contribution in [2.24, 2.45) is 4.99 Å². The summed E-state index contributed by atoms with van der Waals surface area (Å²) in [5, 5.41) is 7.48. The Labute approximate surface area is 170 Å². The molecule has 3 rings (SSSR count). The Morgan fingerprint density at radius 3 is 2.64 bits per heavy atom. The maximum Gasteiger partial charge on any atom is 0.194 e. The van der Waals surface area contributed by atoms with Crippen molar-refractivity contribution in [2.45, 2.75) is 25.3 Å². The van der Waals surface area contributed by atoms with Crippen LogP contribution in [0.15, 0.2) is 44.7 Å². The molecule has 1 N–H and O–H groups in total. The van der Waals surface area contributed by atoms with Crippen LogP contribution >= 0.6 is 11.8 Å². The zero-order valence-electron chi connectivity index (χ0n) is 16.5. The summed E-state index contributed by atoms with van der Waals surface area (Å²) in [4.78, 5) is 10.5. The minimum absolute atomic E-state index is 0.199. The van der Waals surface area contributed by atoms with E-state index in [0.717, 1.165) is 73.9 Å². The molecule has 0 amide bonds. The van der Waals surface area contributed by atoms with Gasteiger partial charge in [-0.3, -0.25) is 9.89 Å². The Bertz CT molecular complexity index is 756. The molecule has 0 unspecified atom stereocenters. The molecule has 2 aromatic rings. The lowest BCUT2D eigenvalue weighted by molar-refractivity contribution is 0.169. The maximum absolute atomic E-state index is 13.0. The van der Waals surface area contributed by atoms with E-state index in [2.05, 4.69) is 27.2 Å². The number of hydrogen-bond acceptors (Lipinski definition) is 5. The third-order valence-corrected chi connectivity index (χ3v) is 5.50. The number of nitrogens with zero attached hydrogens (tertiary/aromatic N) is 4. The normalized spacial score (nSPS) is 15.8. The standard InChI is InChI=1S/C20H28FN5OS/c1-3-22-20(23-8-13-28-19-6-4-17(21)5-7-19)26-11-9-25(10-12-26)15-18-14-16(2)27-24-18/h4-7,14H,3,8-13,15H2,1-2H3,(H,22,23). The van der Waals surface area contributed by atoms with Crippen LogP contribution in [0.5, 0.6) is 0 Å². The topological polar surface area (TPSA) is 56.9 Å². The molecule has 1 saturated heterocycles. The van der Waals surface area contributed by atoms with Crippen molar-refractivity contribution >= 4 is 17.7 Å². The average molecular weight is 406 g/mol. The molecule has 1 aliphatic heterocycles. The maximum atomic E-state index is 13.0. The van der Waals surface area contributed by atoms with Gasteiger partial charge in [0.05, 0.1) is 12.2 Å². The molecule has 2 heterocycles. The van der Waals surface area contributed by atoms with Crippen LogP contribution in [0.3, 0.4) is 0 Å². The Kier molecular flexibility index (Phi) is 7.73. The van der Waals surface area contributed by atoms with Gasteiger partial charge < -0.3 is 14.7 Å². The van der Waals surface area contributed by atoms with Gasteiger partial charge in [0, 0.05) is 56.0 Å². The third-order valence-electron chi connectivity index (χ3n) is 4.50. The number of aryl methyl sites for hydroxylation is 1. The third kappa shape index (κ3) is 6.24. The number of aromatic nitrogens is 1. The van der Waals surface area contributed by atoms with Gasteiger partial charge in [0.25, 0.3) is 0 Å². The van der Waals surface area contributed by atoms with Crippen LogP contribution in [0.4, 0.5) is 4.39 Å². The highest BCUT2D eigenvalue weighted by atomic mass is 32.2. The number of nitrogens with one attached hydrogen (secondary N) is 1. The lowest BCUT2D eigenvalue weighted by Crippen LogP contribution is -2.52. The van der Waals surface area contributed by atoms with E-state index in [4.69, 9.17) is 9.52 Å². The second-order valence-electron chi connectivity index (χ2n) is 6.73. The molecule has 1 aromatic carbocycles. The molecule has 152 valence electrons. The second-order valence-corrected chi connectivity index (χ2v) is 7.90. The fraction of sp³-hybridized carbons (Fsp3) is 0.500. The molecule has 0 radical (unpaired) electrons. The van der Waals surface area contributed by atoms with Crippen LogP contribution in [0.2, 0.25) is 0 Å². The molecular formula is C20H28FN5OS. The number of halogens is 1. The Balaban J connectivity index is 1.45. The zero-order valence-corrected chi connectivity index (χ0v) is 17.3. The number of hydrogen-bond donors (Lipinski definition) is 1. The largest absolute Gasteiger partial charge is 0.361 e. The van der Waals surface area contributed by atoms with Gasteiger partial charge >= 0.3 is 0 Å². The highest BCUT2D eigenvalue weighted by Crippen LogP contribution is 2.17. The summed E-state index contributed by atoms with van der Waals surface area (Å²) in [7, 11) is 0. The molecule has 1 fully saturated rings. The number of guanidine groups is 1. The van der Waals surface area contributed by atoms with E-state index in [-0.39, 0.29) is 5.82 Å². The molecule has 0 atom stereocenters. The second kappa shape index (κ2) is 10.5. The Hall–Kier alpha value is -2.06. The van der Waals surface area contributed by atoms with Crippen molar-refractivity contribution in [3.63, 3.8) is 0 Å². The lowest BCUT2D eigenvalue weighted by Gasteiger charge is -2.36. The molecule has 0 spiro atoms. The number of piperazine rings is 1. The average Bonchev–Trinajstić information content (AvgIpc) is 3.11. The SMILES string of the molecule is CCNC(=NCCSc1ccc(F)cc1)N1CCN(Cc2cc(C)on2)CC1. The Morgan fingerprint density at radius 2 is 2.00 bits per heavy atom. The number of rotatable bonds is 7. The van der Waals surface area contributed by atoms with E-state index in [9.17, 15) is 4.39 Å². The van der Waals surface area contributed by atoms with Gasteiger partial charge in [0.15, 0.2) is 5.96 Å². The van der Waals surface area contributed by atoms with Crippen molar-refractivity contribution in [2.75, 3.05) is 45.0 Å². The molecule has 0 bridgehead atoms. The zero-order chi connectivity index (χ0) is 19.8. The smallest absolute Gasteiger partial charge is 0.194 e. The number of benzene rings is 1. The Morgan fingerprint density at radius 1 is 1.25 bits per heavy atom. The monoisotopic (exact) mass is 405 g/mol. The van der Waals surface area contributed by atoms with Gasteiger partial charge in [-0.05, 0) is 38.1 Å². The predicted octanol–water partition coefficient (Wildman–Crippen LogP) is 3.00. The highest BCUT2D eigenvalue weighted by molar-refractivity contribution is 7.99. The molecule has 8 heteroatoms. The van der Waals surface area contributed by atoms with Crippen LogP contribution in [-0.2, 0) is 6.54 Å². The van der Waals surface area contributed by atoms with Gasteiger partial charge in [-0.1, -0.05) is 5.16 Å². The van der Waals surface area contributed by atoms with Gasteiger partial charge in [-0.2, -0.15) is 0 Å². The highest BCUT2D eigenvalue weighted by Gasteiger charge is 2.20. The van der Waals surface area contributed by atoms with E-state index in [1.807, 2.05) is 25.1 Å². The fourth-order valence-corrected chi connectivity index (χ4v) is 3.86. The van der Waals surface area contributed by atoms with E-state index >= 15 is 0 Å². The summed E-state index contributed by atoms with van der Waals surface area (Å²) in [6, 6.07) is 8.61. The van der Waals surface area contributed by atoms with Crippen LogP contribution in [0.25, 0.3) is 0 Å². The van der Waals surface area contributed by atoms with E-state index < -0.39 is 0 Å². The van der Waals surface area contributed by atoms with E-state index in [1.54, 1.807) is 11.8 Å². The molecule has 0 aliphatic carbocycles. The summed E-state index contributed by atoms with van der Waals surface area (Å²) in [6.45, 7) is 10.2. The van der Waals surface area contributed by atoms with E-state index in [0.29, 0.717) is 0 Å². The van der Waals surface area contributed by atoms with Crippen LogP contribution in [0, 0.1) is 12.7 Å². The van der Waals surface area contributed by atoms with Crippen molar-refractivity contribution in [3.05, 3.63) is 47.6 Å². The molecular weight excluding hydrogens is 377 g/mol. The van der Waals surface area contributed by atoms with Gasteiger partial charge in [-0.25, -0.2) is 4.39 Å². The summed E-state index contributed by atoms with van der Waals surface area (Å²) >= 11 is 1.70. The van der Waals surface area contributed by atoms with Crippen molar-refractivity contribution in [1.82, 2.24) is 20.3 Å². The summed E-state index contributed by atoms with van der Waals surface area (Å²) < 4.78 is 18.1. The first-order valence-electron chi connectivity index (χ1n) is 9.70. The molecule has 0 saturated carbocycles. The molecule has 1 aromatic heterocycles. The number of thioether (sulfide) groups is 1. The lowest BCUT2D eigenvalue weighted by atomic mass is 10.3. The summed E-state index contributed by atoms with van der Waals surface area (Å²) in [5.74, 6) is 2.49. The molecule has 1 aliphatic rings. The van der Waals surface area contributed by atoms with Crippen LogP contribution in [0.1, 0.15) is 18.4 Å². The molecule has 6 nitrogen and oxygen atoms in total. The number of aliphatic imine (C=N–C) groups is 1. The van der Waals surface area contributed by atoms with Crippen molar-refractivity contribution in [1.29, 1.82) is 0 Å². The minimum Gasteiger partial charge on any atom is -0.361 e. The summed E-state index contributed by atoms with van der Waals surface area (Å²) in [6.07, 6.45) is 0. The first kappa shape index (κ1) is 20.7.